The summed E-state index contributed by atoms with van der Waals surface area (Å²) >= 11 is 5.76. The van der Waals surface area contributed by atoms with Crippen molar-refractivity contribution in [2.75, 3.05) is 26.2 Å². The molecule has 0 bridgehead atoms. The van der Waals surface area contributed by atoms with E-state index >= 15 is 0 Å². The molecule has 1 heterocycles. The lowest BCUT2D eigenvalue weighted by Gasteiger charge is -2.19. The van der Waals surface area contributed by atoms with Crippen LogP contribution in [0.3, 0.4) is 0 Å². The van der Waals surface area contributed by atoms with Gasteiger partial charge in [0.05, 0.1) is 5.02 Å². The van der Waals surface area contributed by atoms with Gasteiger partial charge < -0.3 is 5.32 Å². The first-order valence-electron chi connectivity index (χ1n) is 5.63. The SMILES string of the molecule is Cl.Fc1ccc(CN2CCCNCC2)cc1Cl. The van der Waals surface area contributed by atoms with Gasteiger partial charge in [-0.3, -0.25) is 4.90 Å². The molecule has 1 saturated heterocycles. The van der Waals surface area contributed by atoms with Crippen LogP contribution in [0.15, 0.2) is 18.2 Å². The van der Waals surface area contributed by atoms with Crippen molar-refractivity contribution in [2.45, 2.75) is 13.0 Å². The van der Waals surface area contributed by atoms with E-state index in [0.717, 1.165) is 44.7 Å². The van der Waals surface area contributed by atoms with Crippen LogP contribution in [-0.2, 0) is 6.54 Å². The summed E-state index contributed by atoms with van der Waals surface area (Å²) in [5, 5.41) is 3.57. The normalized spacial score (nSPS) is 17.3. The fourth-order valence-electron chi connectivity index (χ4n) is 1.96. The Bertz CT molecular complexity index is 352. The van der Waals surface area contributed by atoms with Crippen molar-refractivity contribution in [3.8, 4) is 0 Å². The summed E-state index contributed by atoms with van der Waals surface area (Å²) in [6.45, 7) is 5.08. The highest BCUT2D eigenvalue weighted by molar-refractivity contribution is 6.30. The van der Waals surface area contributed by atoms with Gasteiger partial charge in [-0.15, -0.1) is 12.4 Å². The maximum atomic E-state index is 13.0. The maximum Gasteiger partial charge on any atom is 0.141 e. The Morgan fingerprint density at radius 2 is 2.12 bits per heavy atom. The Hall–Kier alpha value is -0.350. The first-order chi connectivity index (χ1) is 7.75. The molecule has 2 nitrogen and oxygen atoms in total. The predicted molar refractivity (Wildman–Crippen MR) is 71.4 cm³/mol. The topological polar surface area (TPSA) is 15.3 Å². The molecule has 1 fully saturated rings. The fourth-order valence-corrected chi connectivity index (χ4v) is 2.16. The van der Waals surface area contributed by atoms with Crippen molar-refractivity contribution in [1.82, 2.24) is 10.2 Å². The Morgan fingerprint density at radius 1 is 1.29 bits per heavy atom. The molecular formula is C12H17Cl2FN2. The number of nitrogens with one attached hydrogen (secondary N) is 1. The van der Waals surface area contributed by atoms with E-state index in [1.54, 1.807) is 12.1 Å². The van der Waals surface area contributed by atoms with E-state index in [1.807, 2.05) is 0 Å². The summed E-state index contributed by atoms with van der Waals surface area (Å²) in [5.74, 6) is -0.344. The molecule has 2 rings (SSSR count). The molecular weight excluding hydrogens is 262 g/mol. The molecule has 0 spiro atoms. The van der Waals surface area contributed by atoms with E-state index in [1.165, 1.54) is 6.07 Å². The summed E-state index contributed by atoms with van der Waals surface area (Å²) in [6.07, 6.45) is 1.16. The van der Waals surface area contributed by atoms with Crippen LogP contribution in [0.25, 0.3) is 0 Å². The molecule has 1 aliphatic heterocycles. The molecule has 0 atom stereocenters. The molecule has 0 aliphatic carbocycles. The van der Waals surface area contributed by atoms with Crippen molar-refractivity contribution < 1.29 is 4.39 Å². The zero-order chi connectivity index (χ0) is 11.4. The lowest BCUT2D eigenvalue weighted by Crippen LogP contribution is -2.27. The number of rotatable bonds is 2. The lowest BCUT2D eigenvalue weighted by atomic mass is 10.2. The Kier molecular flexibility index (Phi) is 6.20. The highest BCUT2D eigenvalue weighted by Crippen LogP contribution is 2.17. The Morgan fingerprint density at radius 3 is 2.88 bits per heavy atom. The van der Waals surface area contributed by atoms with E-state index in [2.05, 4.69) is 10.2 Å². The number of benzene rings is 1. The first kappa shape index (κ1) is 14.7. The molecule has 96 valence electrons. The molecule has 1 aromatic carbocycles. The van der Waals surface area contributed by atoms with E-state index < -0.39 is 0 Å². The highest BCUT2D eigenvalue weighted by Gasteiger charge is 2.09. The summed E-state index contributed by atoms with van der Waals surface area (Å²) in [7, 11) is 0. The van der Waals surface area contributed by atoms with E-state index in [9.17, 15) is 4.39 Å². The zero-order valence-corrected chi connectivity index (χ0v) is 11.2. The summed E-state index contributed by atoms with van der Waals surface area (Å²) in [5.41, 5.74) is 1.08. The Balaban J connectivity index is 0.00000144. The summed E-state index contributed by atoms with van der Waals surface area (Å²) < 4.78 is 13.0. The second-order valence-corrected chi connectivity index (χ2v) is 4.54. The third-order valence-electron chi connectivity index (χ3n) is 2.82. The second kappa shape index (κ2) is 7.17. The Labute approximate surface area is 113 Å². The molecule has 5 heteroatoms. The van der Waals surface area contributed by atoms with Crippen LogP contribution in [0.2, 0.25) is 5.02 Å². The summed E-state index contributed by atoms with van der Waals surface area (Å²) in [6, 6.07) is 4.96. The molecule has 17 heavy (non-hydrogen) atoms. The van der Waals surface area contributed by atoms with Crippen molar-refractivity contribution >= 4 is 24.0 Å². The third-order valence-corrected chi connectivity index (χ3v) is 3.11. The van der Waals surface area contributed by atoms with Gasteiger partial charge in [-0.05, 0) is 37.2 Å². The molecule has 0 unspecified atom stereocenters. The fraction of sp³-hybridized carbons (Fsp3) is 0.500. The number of hydrogen-bond acceptors (Lipinski definition) is 2. The monoisotopic (exact) mass is 278 g/mol. The van der Waals surface area contributed by atoms with Crippen molar-refractivity contribution in [2.24, 2.45) is 0 Å². The minimum atomic E-state index is -0.344. The van der Waals surface area contributed by atoms with Crippen molar-refractivity contribution in [3.05, 3.63) is 34.6 Å². The minimum absolute atomic E-state index is 0. The molecule has 1 aliphatic rings. The molecule has 0 amide bonds. The van der Waals surface area contributed by atoms with E-state index in [0.29, 0.717) is 0 Å². The molecule has 0 saturated carbocycles. The van der Waals surface area contributed by atoms with Gasteiger partial charge in [-0.2, -0.15) is 0 Å². The number of hydrogen-bond donors (Lipinski definition) is 1. The quantitative estimate of drug-likeness (QED) is 0.895. The first-order valence-corrected chi connectivity index (χ1v) is 6.00. The highest BCUT2D eigenvalue weighted by atomic mass is 35.5. The van der Waals surface area contributed by atoms with Gasteiger partial charge >= 0.3 is 0 Å². The van der Waals surface area contributed by atoms with Gasteiger partial charge in [0.25, 0.3) is 0 Å². The minimum Gasteiger partial charge on any atom is -0.315 e. The number of nitrogens with zero attached hydrogens (tertiary/aromatic N) is 1. The maximum absolute atomic E-state index is 13.0. The predicted octanol–water partition coefficient (Wildman–Crippen LogP) is 2.70. The van der Waals surface area contributed by atoms with Crippen LogP contribution in [-0.4, -0.2) is 31.1 Å². The molecule has 1 aromatic rings. The van der Waals surface area contributed by atoms with Crippen LogP contribution in [0.5, 0.6) is 0 Å². The second-order valence-electron chi connectivity index (χ2n) is 4.13. The lowest BCUT2D eigenvalue weighted by molar-refractivity contribution is 0.284. The average molecular weight is 279 g/mol. The largest absolute Gasteiger partial charge is 0.315 e. The van der Waals surface area contributed by atoms with Crippen LogP contribution in [0.4, 0.5) is 4.39 Å². The van der Waals surface area contributed by atoms with Crippen LogP contribution in [0.1, 0.15) is 12.0 Å². The van der Waals surface area contributed by atoms with Gasteiger partial charge in [-0.1, -0.05) is 17.7 Å². The zero-order valence-electron chi connectivity index (χ0n) is 9.59. The van der Waals surface area contributed by atoms with Gasteiger partial charge in [0.2, 0.25) is 0 Å². The van der Waals surface area contributed by atoms with E-state index in [4.69, 9.17) is 11.6 Å². The van der Waals surface area contributed by atoms with Crippen LogP contribution in [0, 0.1) is 5.82 Å². The summed E-state index contributed by atoms with van der Waals surface area (Å²) in [4.78, 5) is 2.36. The van der Waals surface area contributed by atoms with Crippen LogP contribution >= 0.6 is 24.0 Å². The van der Waals surface area contributed by atoms with Gasteiger partial charge in [0, 0.05) is 19.6 Å². The standard InChI is InChI=1S/C12H16ClFN2.ClH/c13-11-8-10(2-3-12(11)14)9-16-6-1-4-15-5-7-16;/h2-3,8,15H,1,4-7,9H2;1H. The van der Waals surface area contributed by atoms with Gasteiger partial charge in [0.1, 0.15) is 5.82 Å². The van der Waals surface area contributed by atoms with Crippen LogP contribution < -0.4 is 5.32 Å². The molecule has 0 radical (unpaired) electrons. The average Bonchev–Trinajstić information content (AvgIpc) is 2.52. The number of halogens is 3. The van der Waals surface area contributed by atoms with Crippen molar-refractivity contribution in [3.63, 3.8) is 0 Å². The van der Waals surface area contributed by atoms with E-state index in [-0.39, 0.29) is 23.2 Å². The molecule has 1 N–H and O–H groups in total. The van der Waals surface area contributed by atoms with Crippen molar-refractivity contribution in [1.29, 1.82) is 0 Å². The van der Waals surface area contributed by atoms with Gasteiger partial charge in [0.15, 0.2) is 0 Å². The molecule has 0 aromatic heterocycles. The van der Waals surface area contributed by atoms with Gasteiger partial charge in [-0.25, -0.2) is 4.39 Å². The smallest absolute Gasteiger partial charge is 0.141 e. The third kappa shape index (κ3) is 4.43.